The van der Waals surface area contributed by atoms with Crippen molar-refractivity contribution in [3.63, 3.8) is 0 Å². The molecule has 2 N–H and O–H groups in total. The first-order valence-electron chi connectivity index (χ1n) is 7.09. The number of amides is 1. The molecule has 0 radical (unpaired) electrons. The molecule has 1 unspecified atom stereocenters. The van der Waals surface area contributed by atoms with Gasteiger partial charge in [-0.3, -0.25) is 4.79 Å². The molecule has 1 amide bonds. The standard InChI is InChI=1S/C15H22N2O3.ClH/c1-3-20-14-10-11(7-8-13(14)19-2)17-15(18)12-6-4-5-9-16-12;/h7-8,10,12,16H,3-6,9H2,1-2H3,(H,17,18);1H. The van der Waals surface area contributed by atoms with Gasteiger partial charge in [0.05, 0.1) is 19.8 Å². The molecular weight excluding hydrogens is 292 g/mol. The maximum atomic E-state index is 12.1. The van der Waals surface area contributed by atoms with Gasteiger partial charge in [0.1, 0.15) is 0 Å². The molecule has 0 bridgehead atoms. The number of ether oxygens (including phenoxy) is 2. The summed E-state index contributed by atoms with van der Waals surface area (Å²) in [6.45, 7) is 3.37. The second-order valence-electron chi connectivity index (χ2n) is 4.79. The molecule has 1 aliphatic rings. The number of carbonyl (C=O) groups is 1. The van der Waals surface area contributed by atoms with Crippen molar-refractivity contribution in [1.29, 1.82) is 0 Å². The van der Waals surface area contributed by atoms with Crippen LogP contribution in [-0.2, 0) is 4.79 Å². The summed E-state index contributed by atoms with van der Waals surface area (Å²) in [5, 5.41) is 6.16. The normalized spacial score (nSPS) is 17.5. The van der Waals surface area contributed by atoms with E-state index in [1.54, 1.807) is 19.2 Å². The lowest BCUT2D eigenvalue weighted by Crippen LogP contribution is -2.43. The summed E-state index contributed by atoms with van der Waals surface area (Å²) in [5.74, 6) is 1.32. The highest BCUT2D eigenvalue weighted by atomic mass is 35.5. The second kappa shape index (κ2) is 8.74. The largest absolute Gasteiger partial charge is 0.493 e. The SMILES string of the molecule is CCOc1cc(NC(=O)C2CCCCN2)ccc1OC.Cl. The third-order valence-electron chi connectivity index (χ3n) is 3.36. The molecule has 0 saturated carbocycles. The van der Waals surface area contributed by atoms with Crippen molar-refractivity contribution in [3.8, 4) is 11.5 Å². The fourth-order valence-corrected chi connectivity index (χ4v) is 2.33. The smallest absolute Gasteiger partial charge is 0.241 e. The number of benzene rings is 1. The summed E-state index contributed by atoms with van der Waals surface area (Å²) in [6.07, 6.45) is 3.12. The van der Waals surface area contributed by atoms with Gasteiger partial charge in [0.25, 0.3) is 0 Å². The molecule has 1 fully saturated rings. The van der Waals surface area contributed by atoms with E-state index in [0.717, 1.165) is 31.5 Å². The minimum atomic E-state index is -0.0959. The molecule has 1 atom stereocenters. The minimum absolute atomic E-state index is 0. The summed E-state index contributed by atoms with van der Waals surface area (Å²) in [5.41, 5.74) is 0.728. The number of nitrogens with one attached hydrogen (secondary N) is 2. The fourth-order valence-electron chi connectivity index (χ4n) is 2.33. The lowest BCUT2D eigenvalue weighted by Gasteiger charge is -2.22. The maximum absolute atomic E-state index is 12.1. The van der Waals surface area contributed by atoms with Gasteiger partial charge in [-0.2, -0.15) is 0 Å². The number of halogens is 1. The van der Waals surface area contributed by atoms with Crippen LogP contribution in [-0.4, -0.2) is 32.2 Å². The number of methoxy groups -OCH3 is 1. The quantitative estimate of drug-likeness (QED) is 0.877. The van der Waals surface area contributed by atoms with E-state index in [1.807, 2.05) is 13.0 Å². The third-order valence-corrected chi connectivity index (χ3v) is 3.36. The topological polar surface area (TPSA) is 59.6 Å². The molecule has 1 aromatic rings. The highest BCUT2D eigenvalue weighted by Crippen LogP contribution is 2.30. The lowest BCUT2D eigenvalue weighted by atomic mass is 10.0. The van der Waals surface area contributed by atoms with Crippen molar-refractivity contribution >= 4 is 24.0 Å². The lowest BCUT2D eigenvalue weighted by molar-refractivity contribution is -0.118. The number of anilines is 1. The molecule has 1 aromatic carbocycles. The van der Waals surface area contributed by atoms with Crippen LogP contribution in [0.3, 0.4) is 0 Å². The van der Waals surface area contributed by atoms with Gasteiger partial charge in [0, 0.05) is 11.8 Å². The molecule has 1 saturated heterocycles. The summed E-state index contributed by atoms with van der Waals surface area (Å²) in [4.78, 5) is 12.1. The average molecular weight is 315 g/mol. The van der Waals surface area contributed by atoms with Gasteiger partial charge in [-0.25, -0.2) is 0 Å². The Morgan fingerprint density at radius 3 is 2.81 bits per heavy atom. The maximum Gasteiger partial charge on any atom is 0.241 e. The van der Waals surface area contributed by atoms with E-state index >= 15 is 0 Å². The van der Waals surface area contributed by atoms with Gasteiger partial charge >= 0.3 is 0 Å². The summed E-state index contributed by atoms with van der Waals surface area (Å²) in [7, 11) is 1.60. The van der Waals surface area contributed by atoms with E-state index in [4.69, 9.17) is 9.47 Å². The zero-order valence-electron chi connectivity index (χ0n) is 12.5. The van der Waals surface area contributed by atoms with E-state index < -0.39 is 0 Å². The van der Waals surface area contributed by atoms with Gasteiger partial charge in [0.2, 0.25) is 5.91 Å². The molecule has 5 nitrogen and oxygen atoms in total. The van der Waals surface area contributed by atoms with Crippen molar-refractivity contribution < 1.29 is 14.3 Å². The van der Waals surface area contributed by atoms with Crippen molar-refractivity contribution in [1.82, 2.24) is 5.32 Å². The predicted molar refractivity (Wildman–Crippen MR) is 85.7 cm³/mol. The molecular formula is C15H23ClN2O3. The first-order valence-corrected chi connectivity index (χ1v) is 7.09. The Labute approximate surface area is 131 Å². The highest BCUT2D eigenvalue weighted by Gasteiger charge is 2.20. The average Bonchev–Trinajstić information content (AvgIpc) is 2.49. The molecule has 1 heterocycles. The summed E-state index contributed by atoms with van der Waals surface area (Å²) >= 11 is 0. The van der Waals surface area contributed by atoms with Gasteiger partial charge < -0.3 is 20.1 Å². The molecule has 6 heteroatoms. The molecule has 0 spiro atoms. The van der Waals surface area contributed by atoms with Crippen LogP contribution >= 0.6 is 12.4 Å². The van der Waals surface area contributed by atoms with Gasteiger partial charge in [-0.15, -0.1) is 12.4 Å². The Balaban J connectivity index is 0.00000220. The first kappa shape index (κ1) is 17.6. The van der Waals surface area contributed by atoms with E-state index in [-0.39, 0.29) is 24.4 Å². The van der Waals surface area contributed by atoms with Crippen LogP contribution < -0.4 is 20.1 Å². The highest BCUT2D eigenvalue weighted by molar-refractivity contribution is 5.95. The molecule has 0 aromatic heterocycles. The first-order chi connectivity index (χ1) is 9.74. The Kier molecular flexibility index (Phi) is 7.32. The molecule has 2 rings (SSSR count). The number of piperidine rings is 1. The van der Waals surface area contributed by atoms with Crippen LogP contribution in [0.4, 0.5) is 5.69 Å². The van der Waals surface area contributed by atoms with Crippen molar-refractivity contribution in [2.75, 3.05) is 25.6 Å². The van der Waals surface area contributed by atoms with Gasteiger partial charge in [-0.05, 0) is 38.4 Å². The van der Waals surface area contributed by atoms with Gasteiger partial charge in [0.15, 0.2) is 11.5 Å². The monoisotopic (exact) mass is 314 g/mol. The molecule has 1 aliphatic heterocycles. The Morgan fingerprint density at radius 2 is 2.19 bits per heavy atom. The van der Waals surface area contributed by atoms with Crippen molar-refractivity contribution in [2.45, 2.75) is 32.2 Å². The van der Waals surface area contributed by atoms with Crippen molar-refractivity contribution in [2.24, 2.45) is 0 Å². The predicted octanol–water partition coefficient (Wildman–Crippen LogP) is 2.60. The van der Waals surface area contributed by atoms with Crippen LogP contribution in [0.15, 0.2) is 18.2 Å². The zero-order chi connectivity index (χ0) is 14.4. The summed E-state index contributed by atoms with van der Waals surface area (Å²) in [6, 6.07) is 5.32. The molecule has 0 aliphatic carbocycles. The fraction of sp³-hybridized carbons (Fsp3) is 0.533. The van der Waals surface area contributed by atoms with Crippen LogP contribution in [0, 0.1) is 0 Å². The number of hydrogen-bond acceptors (Lipinski definition) is 4. The Bertz CT molecular complexity index is 462. The second-order valence-corrected chi connectivity index (χ2v) is 4.79. The molecule has 118 valence electrons. The Hall–Kier alpha value is -1.46. The minimum Gasteiger partial charge on any atom is -0.493 e. The summed E-state index contributed by atoms with van der Waals surface area (Å²) < 4.78 is 10.7. The zero-order valence-corrected chi connectivity index (χ0v) is 13.3. The Morgan fingerprint density at radius 1 is 1.38 bits per heavy atom. The van der Waals surface area contributed by atoms with E-state index in [1.165, 1.54) is 0 Å². The van der Waals surface area contributed by atoms with Crippen LogP contribution in [0.1, 0.15) is 26.2 Å². The molecule has 21 heavy (non-hydrogen) atoms. The van der Waals surface area contributed by atoms with Gasteiger partial charge in [-0.1, -0.05) is 6.42 Å². The number of rotatable bonds is 5. The number of hydrogen-bond donors (Lipinski definition) is 2. The van der Waals surface area contributed by atoms with Crippen molar-refractivity contribution in [3.05, 3.63) is 18.2 Å². The van der Waals surface area contributed by atoms with Crippen LogP contribution in [0.2, 0.25) is 0 Å². The third kappa shape index (κ3) is 4.79. The van der Waals surface area contributed by atoms with E-state index in [9.17, 15) is 4.79 Å². The van der Waals surface area contributed by atoms with E-state index in [0.29, 0.717) is 18.1 Å². The van der Waals surface area contributed by atoms with Crippen LogP contribution in [0.25, 0.3) is 0 Å². The number of carbonyl (C=O) groups excluding carboxylic acids is 1. The van der Waals surface area contributed by atoms with E-state index in [2.05, 4.69) is 10.6 Å². The van der Waals surface area contributed by atoms with Crippen LogP contribution in [0.5, 0.6) is 11.5 Å².